The van der Waals surface area contributed by atoms with Crippen LogP contribution in [0, 0.1) is 0 Å². The molecule has 0 unspecified atom stereocenters. The maximum Gasteiger partial charge on any atom is 0.341 e. The molecule has 3 rings (SSSR count). The van der Waals surface area contributed by atoms with Crippen LogP contribution in [0.1, 0.15) is 12.5 Å². The number of rotatable bonds is 6. The largest absolute Gasteiger partial charge is 0.341 e. The van der Waals surface area contributed by atoms with Gasteiger partial charge >= 0.3 is 10.6 Å². The minimum atomic E-state index is -0.193. The smallest absolute Gasteiger partial charge is 0.301 e. The zero-order chi connectivity index (χ0) is 16.9. The van der Waals surface area contributed by atoms with Crippen molar-refractivity contribution in [1.82, 2.24) is 18.3 Å². The van der Waals surface area contributed by atoms with E-state index in [1.165, 1.54) is 4.57 Å². The van der Waals surface area contributed by atoms with E-state index < -0.39 is 0 Å². The molecular weight excluding hydrogens is 324 g/mol. The number of hydrogen-bond acceptors (Lipinski definition) is 5. The van der Waals surface area contributed by atoms with Gasteiger partial charge < -0.3 is 4.90 Å². The molecule has 1 saturated heterocycles. The van der Waals surface area contributed by atoms with Crippen molar-refractivity contribution < 1.29 is 0 Å². The number of likely N-dealkylation sites (N-methyl/N-ethyl adjacent to an activating group) is 1. The molecule has 2 heterocycles. The van der Waals surface area contributed by atoms with E-state index in [0.29, 0.717) is 13.1 Å². The summed E-state index contributed by atoms with van der Waals surface area (Å²) in [5.74, 6) is 0. The number of piperazine rings is 1. The van der Waals surface area contributed by atoms with Gasteiger partial charge in [-0.2, -0.15) is 0 Å². The second-order valence-electron chi connectivity index (χ2n) is 6.09. The van der Waals surface area contributed by atoms with Crippen LogP contribution < -0.4 is 10.6 Å². The lowest BCUT2D eigenvalue weighted by Crippen LogP contribution is -2.47. The Morgan fingerprint density at radius 3 is 2.29 bits per heavy atom. The molecule has 1 fully saturated rings. The van der Waals surface area contributed by atoms with Gasteiger partial charge in [-0.25, -0.2) is 13.3 Å². The Kier molecular flexibility index (Phi) is 5.65. The van der Waals surface area contributed by atoms with E-state index in [9.17, 15) is 9.59 Å². The quantitative estimate of drug-likeness (QED) is 0.773. The fraction of sp³-hybridized carbons (Fsp3) is 0.529. The number of nitrogens with zero attached hydrogens (tertiary/aromatic N) is 4. The molecule has 2 aromatic rings. The van der Waals surface area contributed by atoms with Crippen molar-refractivity contribution in [3.05, 3.63) is 56.0 Å². The van der Waals surface area contributed by atoms with Gasteiger partial charge in [0.25, 0.3) is 0 Å². The molecule has 130 valence electrons. The van der Waals surface area contributed by atoms with Gasteiger partial charge in [-0.15, -0.1) is 0 Å². The van der Waals surface area contributed by atoms with Gasteiger partial charge in [-0.1, -0.05) is 37.3 Å². The van der Waals surface area contributed by atoms with Crippen molar-refractivity contribution in [2.24, 2.45) is 0 Å². The molecule has 0 aliphatic carbocycles. The second-order valence-corrected chi connectivity index (χ2v) is 7.06. The first-order chi connectivity index (χ1) is 11.7. The summed E-state index contributed by atoms with van der Waals surface area (Å²) >= 11 is 1.03. The van der Waals surface area contributed by atoms with Gasteiger partial charge in [0, 0.05) is 44.3 Å². The molecule has 0 atom stereocenters. The van der Waals surface area contributed by atoms with E-state index in [1.807, 2.05) is 30.3 Å². The lowest BCUT2D eigenvalue weighted by atomic mass is 10.2. The van der Waals surface area contributed by atoms with Crippen LogP contribution in [-0.4, -0.2) is 57.6 Å². The summed E-state index contributed by atoms with van der Waals surface area (Å²) in [4.78, 5) is 29.2. The Morgan fingerprint density at radius 1 is 0.958 bits per heavy atom. The van der Waals surface area contributed by atoms with E-state index in [2.05, 4.69) is 16.7 Å². The van der Waals surface area contributed by atoms with Crippen molar-refractivity contribution in [3.63, 3.8) is 0 Å². The minimum absolute atomic E-state index is 0.181. The molecule has 0 amide bonds. The first-order valence-corrected chi connectivity index (χ1v) is 9.24. The topological polar surface area (TPSA) is 50.5 Å². The summed E-state index contributed by atoms with van der Waals surface area (Å²) in [6, 6.07) is 9.63. The number of aromatic nitrogens is 2. The van der Waals surface area contributed by atoms with Gasteiger partial charge in [0.15, 0.2) is 0 Å². The lowest BCUT2D eigenvalue weighted by Gasteiger charge is -2.33. The predicted molar refractivity (Wildman–Crippen MR) is 96.9 cm³/mol. The number of hydrogen-bond donors (Lipinski definition) is 0. The molecular formula is C17H24N4O2S. The van der Waals surface area contributed by atoms with Crippen LogP contribution in [0.3, 0.4) is 0 Å². The molecule has 0 radical (unpaired) electrons. The van der Waals surface area contributed by atoms with Crippen LogP contribution in [0.25, 0.3) is 0 Å². The average molecular weight is 348 g/mol. The highest BCUT2D eigenvalue weighted by atomic mass is 32.1. The highest BCUT2D eigenvalue weighted by molar-refractivity contribution is 7.03. The molecule has 0 saturated carbocycles. The third-order valence-corrected chi connectivity index (χ3v) is 5.50. The molecule has 0 N–H and O–H groups in total. The Hall–Kier alpha value is -1.70. The van der Waals surface area contributed by atoms with E-state index in [0.717, 1.165) is 56.4 Å². The minimum Gasteiger partial charge on any atom is -0.301 e. The van der Waals surface area contributed by atoms with E-state index in [-0.39, 0.29) is 10.6 Å². The van der Waals surface area contributed by atoms with Crippen LogP contribution in [0.4, 0.5) is 0 Å². The molecule has 1 aliphatic rings. The summed E-state index contributed by atoms with van der Waals surface area (Å²) in [6.45, 7) is 9.25. The summed E-state index contributed by atoms with van der Waals surface area (Å²) in [5, 5.41) is 0. The Balaban J connectivity index is 1.62. The number of benzene rings is 1. The second kappa shape index (κ2) is 7.92. The third kappa shape index (κ3) is 4.03. The van der Waals surface area contributed by atoms with Crippen LogP contribution in [-0.2, 0) is 13.1 Å². The molecule has 24 heavy (non-hydrogen) atoms. The molecule has 1 aromatic carbocycles. The zero-order valence-electron chi connectivity index (χ0n) is 14.1. The Labute approximate surface area is 145 Å². The summed E-state index contributed by atoms with van der Waals surface area (Å²) < 4.78 is 2.92. The van der Waals surface area contributed by atoms with E-state index in [4.69, 9.17) is 0 Å². The predicted octanol–water partition coefficient (Wildman–Crippen LogP) is 0.757. The molecule has 0 spiro atoms. The van der Waals surface area contributed by atoms with Crippen molar-refractivity contribution in [3.8, 4) is 0 Å². The van der Waals surface area contributed by atoms with Crippen molar-refractivity contribution in [2.75, 3.05) is 39.3 Å². The summed E-state index contributed by atoms with van der Waals surface area (Å²) in [6.07, 6.45) is 0. The van der Waals surface area contributed by atoms with Crippen LogP contribution in [0.2, 0.25) is 0 Å². The summed E-state index contributed by atoms with van der Waals surface area (Å²) in [7, 11) is 0. The first-order valence-electron chi connectivity index (χ1n) is 8.47. The highest BCUT2D eigenvalue weighted by Crippen LogP contribution is 2.03. The normalized spacial score (nSPS) is 16.5. The molecule has 1 aliphatic heterocycles. The lowest BCUT2D eigenvalue weighted by molar-refractivity contribution is 0.134. The molecule has 7 heteroatoms. The summed E-state index contributed by atoms with van der Waals surface area (Å²) in [5.41, 5.74) is 0.776. The fourth-order valence-corrected chi connectivity index (χ4v) is 3.78. The molecule has 0 bridgehead atoms. The Morgan fingerprint density at radius 2 is 1.62 bits per heavy atom. The van der Waals surface area contributed by atoms with E-state index >= 15 is 0 Å². The van der Waals surface area contributed by atoms with Gasteiger partial charge in [-0.05, 0) is 12.1 Å². The standard InChI is InChI=1S/C17H24N4O2S/c1-2-18-8-10-19(11-9-18)12-13-21-16(22)20(17(23)24-21)14-15-6-4-3-5-7-15/h3-7H,2,8-14H2,1H3. The highest BCUT2D eigenvalue weighted by Gasteiger charge is 2.16. The Bertz CT molecular complexity index is 757. The molecule has 6 nitrogen and oxygen atoms in total. The van der Waals surface area contributed by atoms with Crippen molar-refractivity contribution in [1.29, 1.82) is 0 Å². The van der Waals surface area contributed by atoms with Crippen LogP contribution >= 0.6 is 11.5 Å². The van der Waals surface area contributed by atoms with E-state index in [1.54, 1.807) is 3.96 Å². The fourth-order valence-electron chi connectivity index (χ4n) is 3.00. The maximum absolute atomic E-state index is 12.5. The monoisotopic (exact) mass is 348 g/mol. The molecule has 1 aromatic heterocycles. The van der Waals surface area contributed by atoms with Gasteiger partial charge in [0.2, 0.25) is 0 Å². The third-order valence-electron chi connectivity index (χ3n) is 4.57. The maximum atomic E-state index is 12.5. The van der Waals surface area contributed by atoms with Gasteiger partial charge in [0.1, 0.15) is 0 Å². The van der Waals surface area contributed by atoms with Crippen LogP contribution in [0.15, 0.2) is 39.9 Å². The SMILES string of the molecule is CCN1CCN(CCn2sc(=O)n(Cc3ccccc3)c2=O)CC1. The van der Waals surface area contributed by atoms with Gasteiger partial charge in [0.05, 0.1) is 13.1 Å². The first kappa shape index (κ1) is 17.1. The van der Waals surface area contributed by atoms with Crippen molar-refractivity contribution in [2.45, 2.75) is 20.0 Å². The average Bonchev–Trinajstić information content (AvgIpc) is 2.89. The zero-order valence-corrected chi connectivity index (χ0v) is 14.9. The van der Waals surface area contributed by atoms with Crippen molar-refractivity contribution >= 4 is 11.5 Å². The van der Waals surface area contributed by atoms with Crippen LogP contribution in [0.5, 0.6) is 0 Å². The van der Waals surface area contributed by atoms with Gasteiger partial charge in [-0.3, -0.25) is 9.69 Å².